The van der Waals surface area contributed by atoms with Crippen molar-refractivity contribution in [1.82, 2.24) is 4.90 Å². The highest BCUT2D eigenvalue weighted by molar-refractivity contribution is 5.67. The topological polar surface area (TPSA) is 40.5 Å². The van der Waals surface area contributed by atoms with Gasteiger partial charge in [-0.1, -0.05) is 43.7 Å². The standard InChI is InChI=1S/C16H23NO2/c1-13(14-8-4-2-5-9-14)15(12-16(18)19)17-10-6-3-7-11-17/h2,4-5,8-9,13,15H,3,6-7,10-12H2,1H3,(H,18,19). The molecule has 1 aliphatic heterocycles. The van der Waals surface area contributed by atoms with Crippen molar-refractivity contribution in [1.29, 1.82) is 0 Å². The lowest BCUT2D eigenvalue weighted by Gasteiger charge is -2.37. The van der Waals surface area contributed by atoms with E-state index in [1.165, 1.54) is 24.8 Å². The first-order valence-corrected chi connectivity index (χ1v) is 7.19. The lowest BCUT2D eigenvalue weighted by atomic mass is 9.89. The molecule has 0 radical (unpaired) electrons. The first-order chi connectivity index (χ1) is 9.18. The Balaban J connectivity index is 2.14. The van der Waals surface area contributed by atoms with Crippen LogP contribution in [0.5, 0.6) is 0 Å². The zero-order chi connectivity index (χ0) is 13.7. The van der Waals surface area contributed by atoms with Crippen LogP contribution in [0.15, 0.2) is 30.3 Å². The summed E-state index contributed by atoms with van der Waals surface area (Å²) in [5, 5.41) is 9.18. The second-order valence-corrected chi connectivity index (χ2v) is 5.46. The van der Waals surface area contributed by atoms with Crippen LogP contribution < -0.4 is 0 Å². The molecule has 0 aliphatic carbocycles. The molecule has 2 unspecified atom stereocenters. The molecule has 0 amide bonds. The third-order valence-corrected chi connectivity index (χ3v) is 4.15. The van der Waals surface area contributed by atoms with Gasteiger partial charge in [-0.2, -0.15) is 0 Å². The summed E-state index contributed by atoms with van der Waals surface area (Å²) in [5.41, 5.74) is 1.24. The molecular weight excluding hydrogens is 238 g/mol. The van der Waals surface area contributed by atoms with Gasteiger partial charge in [-0.3, -0.25) is 9.69 Å². The van der Waals surface area contributed by atoms with Crippen molar-refractivity contribution in [3.05, 3.63) is 35.9 Å². The number of carboxylic acids is 1. The Labute approximate surface area is 115 Å². The molecule has 0 spiro atoms. The molecule has 3 nitrogen and oxygen atoms in total. The molecular formula is C16H23NO2. The molecule has 1 fully saturated rings. The van der Waals surface area contributed by atoms with E-state index in [1.54, 1.807) is 0 Å². The number of benzene rings is 1. The fourth-order valence-corrected chi connectivity index (χ4v) is 3.03. The van der Waals surface area contributed by atoms with Gasteiger partial charge in [-0.15, -0.1) is 0 Å². The third-order valence-electron chi connectivity index (χ3n) is 4.15. The van der Waals surface area contributed by atoms with Gasteiger partial charge in [-0.05, 0) is 37.4 Å². The van der Waals surface area contributed by atoms with Crippen LogP contribution in [0.3, 0.4) is 0 Å². The quantitative estimate of drug-likeness (QED) is 0.885. The van der Waals surface area contributed by atoms with E-state index in [9.17, 15) is 9.90 Å². The number of rotatable bonds is 5. The fraction of sp³-hybridized carbons (Fsp3) is 0.562. The smallest absolute Gasteiger partial charge is 0.304 e. The van der Waals surface area contributed by atoms with Crippen molar-refractivity contribution in [2.75, 3.05) is 13.1 Å². The number of likely N-dealkylation sites (tertiary alicyclic amines) is 1. The molecule has 0 bridgehead atoms. The normalized spacial score (nSPS) is 19.8. The van der Waals surface area contributed by atoms with Crippen molar-refractivity contribution < 1.29 is 9.90 Å². The highest BCUT2D eigenvalue weighted by atomic mass is 16.4. The van der Waals surface area contributed by atoms with Gasteiger partial charge in [0, 0.05) is 6.04 Å². The molecule has 3 heteroatoms. The fourth-order valence-electron chi connectivity index (χ4n) is 3.03. The highest BCUT2D eigenvalue weighted by Crippen LogP contribution is 2.27. The van der Waals surface area contributed by atoms with Gasteiger partial charge >= 0.3 is 5.97 Å². The lowest BCUT2D eigenvalue weighted by Crippen LogP contribution is -2.43. The van der Waals surface area contributed by atoms with Gasteiger partial charge in [0.05, 0.1) is 6.42 Å². The van der Waals surface area contributed by atoms with E-state index in [4.69, 9.17) is 0 Å². The summed E-state index contributed by atoms with van der Waals surface area (Å²) in [5.74, 6) is -0.436. The molecule has 19 heavy (non-hydrogen) atoms. The number of hydrogen-bond donors (Lipinski definition) is 1. The number of carbonyl (C=O) groups is 1. The Morgan fingerprint density at radius 2 is 1.84 bits per heavy atom. The van der Waals surface area contributed by atoms with Gasteiger partial charge in [0.2, 0.25) is 0 Å². The van der Waals surface area contributed by atoms with Gasteiger partial charge in [0.25, 0.3) is 0 Å². The lowest BCUT2D eigenvalue weighted by molar-refractivity contribution is -0.138. The molecule has 1 aromatic rings. The molecule has 104 valence electrons. The Morgan fingerprint density at radius 3 is 2.42 bits per heavy atom. The molecule has 1 N–H and O–H groups in total. The second kappa shape index (κ2) is 6.71. The van der Waals surface area contributed by atoms with Crippen molar-refractivity contribution >= 4 is 5.97 Å². The van der Waals surface area contributed by atoms with Gasteiger partial charge in [0.1, 0.15) is 0 Å². The van der Waals surface area contributed by atoms with E-state index in [1.807, 2.05) is 18.2 Å². The van der Waals surface area contributed by atoms with Crippen LogP contribution >= 0.6 is 0 Å². The molecule has 1 aromatic carbocycles. The first kappa shape index (κ1) is 14.1. The molecule has 1 aliphatic rings. The number of aliphatic carboxylic acids is 1. The number of piperidine rings is 1. The Hall–Kier alpha value is -1.35. The van der Waals surface area contributed by atoms with Crippen molar-refractivity contribution in [2.45, 2.75) is 44.6 Å². The van der Waals surface area contributed by atoms with Crippen molar-refractivity contribution in [3.8, 4) is 0 Å². The van der Waals surface area contributed by atoms with E-state index in [0.29, 0.717) is 0 Å². The van der Waals surface area contributed by atoms with Crippen LogP contribution in [0.1, 0.15) is 44.1 Å². The summed E-state index contributed by atoms with van der Waals surface area (Å²) >= 11 is 0. The average molecular weight is 261 g/mol. The first-order valence-electron chi connectivity index (χ1n) is 7.19. The van der Waals surface area contributed by atoms with Crippen LogP contribution in [-0.2, 0) is 4.79 Å². The van der Waals surface area contributed by atoms with Crippen molar-refractivity contribution in [2.24, 2.45) is 0 Å². The minimum atomic E-state index is -0.696. The number of nitrogens with zero attached hydrogens (tertiary/aromatic N) is 1. The van der Waals surface area contributed by atoms with E-state index in [-0.39, 0.29) is 18.4 Å². The minimum absolute atomic E-state index is 0.111. The maximum Gasteiger partial charge on any atom is 0.304 e. The molecule has 2 rings (SSSR count). The highest BCUT2D eigenvalue weighted by Gasteiger charge is 2.28. The van der Waals surface area contributed by atoms with Gasteiger partial charge < -0.3 is 5.11 Å². The van der Waals surface area contributed by atoms with Gasteiger partial charge in [0.15, 0.2) is 0 Å². The second-order valence-electron chi connectivity index (χ2n) is 5.46. The monoisotopic (exact) mass is 261 g/mol. The predicted molar refractivity (Wildman–Crippen MR) is 76.3 cm³/mol. The average Bonchev–Trinajstić information content (AvgIpc) is 2.46. The summed E-state index contributed by atoms with van der Waals surface area (Å²) in [6, 6.07) is 10.4. The summed E-state index contributed by atoms with van der Waals surface area (Å²) in [6.07, 6.45) is 3.89. The van der Waals surface area contributed by atoms with E-state index >= 15 is 0 Å². The SMILES string of the molecule is CC(c1ccccc1)C(CC(=O)O)N1CCCCC1. The maximum absolute atomic E-state index is 11.2. The van der Waals surface area contributed by atoms with Crippen LogP contribution in [0.4, 0.5) is 0 Å². The predicted octanol–water partition coefficient (Wildman–Crippen LogP) is 3.12. The summed E-state index contributed by atoms with van der Waals surface area (Å²) < 4.78 is 0. The number of hydrogen-bond acceptors (Lipinski definition) is 2. The summed E-state index contributed by atoms with van der Waals surface area (Å²) in [7, 11) is 0. The summed E-state index contributed by atoms with van der Waals surface area (Å²) in [4.78, 5) is 13.5. The van der Waals surface area contributed by atoms with E-state index < -0.39 is 5.97 Å². The van der Waals surface area contributed by atoms with Crippen LogP contribution in [-0.4, -0.2) is 35.1 Å². The maximum atomic E-state index is 11.2. The molecule has 2 atom stereocenters. The molecule has 0 saturated carbocycles. The zero-order valence-electron chi connectivity index (χ0n) is 11.6. The Bertz CT molecular complexity index is 398. The minimum Gasteiger partial charge on any atom is -0.481 e. The van der Waals surface area contributed by atoms with Gasteiger partial charge in [-0.25, -0.2) is 0 Å². The van der Waals surface area contributed by atoms with Crippen LogP contribution in [0.2, 0.25) is 0 Å². The molecule has 0 aromatic heterocycles. The third kappa shape index (κ3) is 3.80. The Kier molecular flexibility index (Phi) is 4.97. The molecule has 1 heterocycles. The van der Waals surface area contributed by atoms with E-state index in [2.05, 4.69) is 24.0 Å². The largest absolute Gasteiger partial charge is 0.481 e. The van der Waals surface area contributed by atoms with Crippen LogP contribution in [0.25, 0.3) is 0 Å². The number of carboxylic acid groups (broad SMARTS) is 1. The van der Waals surface area contributed by atoms with Crippen LogP contribution in [0, 0.1) is 0 Å². The van der Waals surface area contributed by atoms with Crippen molar-refractivity contribution in [3.63, 3.8) is 0 Å². The Morgan fingerprint density at radius 1 is 1.21 bits per heavy atom. The summed E-state index contributed by atoms with van der Waals surface area (Å²) in [6.45, 7) is 4.22. The van der Waals surface area contributed by atoms with E-state index in [0.717, 1.165) is 13.1 Å². The molecule has 1 saturated heterocycles. The zero-order valence-corrected chi connectivity index (χ0v) is 11.6.